The van der Waals surface area contributed by atoms with Crippen molar-refractivity contribution in [2.24, 2.45) is 0 Å². The van der Waals surface area contributed by atoms with Crippen molar-refractivity contribution in [1.29, 1.82) is 0 Å². The van der Waals surface area contributed by atoms with Crippen molar-refractivity contribution in [2.75, 3.05) is 13.6 Å². The van der Waals surface area contributed by atoms with Crippen LogP contribution in [0.2, 0.25) is 5.02 Å². The molecule has 0 saturated heterocycles. The van der Waals surface area contributed by atoms with E-state index in [1.807, 2.05) is 61.5 Å². The number of aryl methyl sites for hydroxylation is 1. The Morgan fingerprint density at radius 1 is 0.927 bits per heavy atom. The Balaban J connectivity index is 1.66. The molecular weight excluding hydrogens is 558 g/mol. The molecule has 2 amide bonds. The molecule has 3 aromatic rings. The van der Waals surface area contributed by atoms with Crippen LogP contribution < -0.4 is 5.32 Å². The van der Waals surface area contributed by atoms with Crippen molar-refractivity contribution in [2.45, 2.75) is 69.0 Å². The highest BCUT2D eigenvalue weighted by molar-refractivity contribution is 7.89. The Bertz CT molecular complexity index is 1420. The number of carbonyl (C=O) groups excluding carboxylic acids is 2. The first-order valence-electron chi connectivity index (χ1n) is 14.0. The number of halogens is 1. The SMILES string of the molecule is Cc1cccc(CN(C(=O)CN(C)S(=O)(=O)c2ccc(Cl)cc2)[C@H](Cc2ccccc2)C(=O)NC2CCCCC2)c1. The number of amides is 2. The van der Waals surface area contributed by atoms with Crippen LogP contribution >= 0.6 is 11.6 Å². The zero-order valence-electron chi connectivity index (χ0n) is 23.6. The fourth-order valence-corrected chi connectivity index (χ4v) is 6.50. The normalized spacial score (nSPS) is 14.9. The molecule has 0 aliphatic heterocycles. The van der Waals surface area contributed by atoms with Crippen LogP contribution in [0.4, 0.5) is 0 Å². The Kier molecular flexibility index (Phi) is 10.6. The van der Waals surface area contributed by atoms with E-state index in [4.69, 9.17) is 11.6 Å². The summed E-state index contributed by atoms with van der Waals surface area (Å²) < 4.78 is 27.6. The van der Waals surface area contributed by atoms with E-state index in [2.05, 4.69) is 5.32 Å². The smallest absolute Gasteiger partial charge is 0.243 e. The summed E-state index contributed by atoms with van der Waals surface area (Å²) in [5.74, 6) is -0.670. The third kappa shape index (κ3) is 8.41. The number of nitrogens with zero attached hydrogens (tertiary/aromatic N) is 2. The number of nitrogens with one attached hydrogen (secondary N) is 1. The van der Waals surface area contributed by atoms with Gasteiger partial charge in [0.05, 0.1) is 11.4 Å². The van der Waals surface area contributed by atoms with Crippen LogP contribution in [0.1, 0.15) is 48.8 Å². The summed E-state index contributed by atoms with van der Waals surface area (Å²) >= 11 is 5.95. The van der Waals surface area contributed by atoms with E-state index in [0.717, 1.165) is 53.1 Å². The van der Waals surface area contributed by atoms with Crippen molar-refractivity contribution < 1.29 is 18.0 Å². The second-order valence-corrected chi connectivity index (χ2v) is 13.3. The van der Waals surface area contributed by atoms with Crippen molar-refractivity contribution >= 4 is 33.4 Å². The first-order valence-corrected chi connectivity index (χ1v) is 15.9. The maximum atomic E-state index is 14.0. The molecule has 1 N–H and O–H groups in total. The number of carbonyl (C=O) groups is 2. The third-order valence-corrected chi connectivity index (χ3v) is 9.61. The van der Waals surface area contributed by atoms with Crippen LogP contribution in [-0.2, 0) is 32.6 Å². The number of rotatable bonds is 11. The fourth-order valence-electron chi connectivity index (χ4n) is 5.26. The monoisotopic (exact) mass is 595 g/mol. The van der Waals surface area contributed by atoms with Gasteiger partial charge >= 0.3 is 0 Å². The lowest BCUT2D eigenvalue weighted by molar-refractivity contribution is -0.141. The minimum Gasteiger partial charge on any atom is -0.352 e. The van der Waals surface area contributed by atoms with E-state index >= 15 is 0 Å². The van der Waals surface area contributed by atoms with Gasteiger partial charge in [0.15, 0.2) is 0 Å². The maximum absolute atomic E-state index is 14.0. The van der Waals surface area contributed by atoms with Gasteiger partial charge in [-0.25, -0.2) is 8.42 Å². The molecule has 0 unspecified atom stereocenters. The first-order chi connectivity index (χ1) is 19.6. The molecule has 1 aliphatic rings. The highest BCUT2D eigenvalue weighted by atomic mass is 35.5. The summed E-state index contributed by atoms with van der Waals surface area (Å²) in [6.07, 6.45) is 5.42. The van der Waals surface area contributed by atoms with Gasteiger partial charge < -0.3 is 10.2 Å². The summed E-state index contributed by atoms with van der Waals surface area (Å²) in [5.41, 5.74) is 2.81. The van der Waals surface area contributed by atoms with Gasteiger partial charge in [-0.05, 0) is 55.2 Å². The molecule has 9 heteroatoms. The molecule has 0 bridgehead atoms. The van der Waals surface area contributed by atoms with Crippen molar-refractivity contribution in [1.82, 2.24) is 14.5 Å². The van der Waals surface area contributed by atoms with Crippen molar-refractivity contribution in [3.8, 4) is 0 Å². The molecular formula is C32H38ClN3O4S. The van der Waals surface area contributed by atoms with E-state index in [1.165, 1.54) is 36.2 Å². The van der Waals surface area contributed by atoms with Gasteiger partial charge in [-0.1, -0.05) is 91.0 Å². The van der Waals surface area contributed by atoms with E-state index in [-0.39, 0.29) is 23.4 Å². The second kappa shape index (κ2) is 14.1. The molecule has 0 aromatic heterocycles. The Labute approximate surface area is 248 Å². The zero-order valence-corrected chi connectivity index (χ0v) is 25.2. The highest BCUT2D eigenvalue weighted by Gasteiger charge is 2.34. The molecule has 1 saturated carbocycles. The summed E-state index contributed by atoms with van der Waals surface area (Å²) in [6, 6.07) is 22.5. The lowest BCUT2D eigenvalue weighted by Gasteiger charge is -2.34. The minimum atomic E-state index is -3.96. The molecule has 0 spiro atoms. The summed E-state index contributed by atoms with van der Waals surface area (Å²) in [4.78, 5) is 29.5. The highest BCUT2D eigenvalue weighted by Crippen LogP contribution is 2.22. The third-order valence-electron chi connectivity index (χ3n) is 7.54. The van der Waals surface area contributed by atoms with Gasteiger partial charge in [-0.2, -0.15) is 4.31 Å². The van der Waals surface area contributed by atoms with E-state index < -0.39 is 28.5 Å². The van der Waals surface area contributed by atoms with Gasteiger partial charge in [0.1, 0.15) is 6.04 Å². The van der Waals surface area contributed by atoms with Crippen LogP contribution in [-0.4, -0.2) is 55.1 Å². The minimum absolute atomic E-state index is 0.0401. The van der Waals surface area contributed by atoms with Crippen LogP contribution in [0, 0.1) is 6.92 Å². The van der Waals surface area contributed by atoms with Crippen molar-refractivity contribution in [3.05, 3.63) is 101 Å². The molecule has 4 rings (SSSR count). The van der Waals surface area contributed by atoms with Crippen LogP contribution in [0.5, 0.6) is 0 Å². The van der Waals surface area contributed by atoms with Crippen LogP contribution in [0.15, 0.2) is 83.8 Å². The van der Waals surface area contributed by atoms with E-state index in [0.29, 0.717) is 11.4 Å². The fraction of sp³-hybridized carbons (Fsp3) is 0.375. The molecule has 1 fully saturated rings. The van der Waals surface area contributed by atoms with E-state index in [9.17, 15) is 18.0 Å². The molecule has 1 aliphatic carbocycles. The van der Waals surface area contributed by atoms with E-state index in [1.54, 1.807) is 0 Å². The number of benzene rings is 3. The van der Waals surface area contributed by atoms with Gasteiger partial charge in [-0.15, -0.1) is 0 Å². The maximum Gasteiger partial charge on any atom is 0.243 e. The predicted octanol–water partition coefficient (Wildman–Crippen LogP) is 5.36. The molecule has 0 radical (unpaired) electrons. The molecule has 0 heterocycles. The summed E-state index contributed by atoms with van der Waals surface area (Å²) in [7, 11) is -2.59. The summed E-state index contributed by atoms with van der Waals surface area (Å²) in [5, 5.41) is 3.63. The number of sulfonamides is 1. The Hall–Kier alpha value is -3.20. The lowest BCUT2D eigenvalue weighted by atomic mass is 9.94. The second-order valence-electron chi connectivity index (χ2n) is 10.8. The molecule has 41 heavy (non-hydrogen) atoms. The number of hydrogen-bond acceptors (Lipinski definition) is 4. The van der Waals surface area contributed by atoms with Gasteiger partial charge in [-0.3, -0.25) is 9.59 Å². The van der Waals surface area contributed by atoms with Crippen molar-refractivity contribution in [3.63, 3.8) is 0 Å². The topological polar surface area (TPSA) is 86.8 Å². The molecule has 1 atom stereocenters. The zero-order chi connectivity index (χ0) is 29.4. The largest absolute Gasteiger partial charge is 0.352 e. The quantitative estimate of drug-likeness (QED) is 0.323. The lowest BCUT2D eigenvalue weighted by Crippen LogP contribution is -2.54. The average molecular weight is 596 g/mol. The van der Waals surface area contributed by atoms with Gasteiger partial charge in [0.2, 0.25) is 21.8 Å². The number of likely N-dealkylation sites (N-methyl/N-ethyl adjacent to an activating group) is 1. The standard InChI is InChI=1S/C32H38ClN3O4S/c1-24-10-9-13-26(20-24)22-36(31(37)23-35(2)41(39,40)29-18-16-27(33)17-19-29)30(21-25-11-5-3-6-12-25)32(38)34-28-14-7-4-8-15-28/h3,5-6,9-13,16-20,28,30H,4,7-8,14-15,21-23H2,1-2H3,(H,34,38)/t30-/m1/s1. The van der Waals surface area contributed by atoms with Gasteiger partial charge in [0, 0.05) is 31.1 Å². The molecule has 3 aromatic carbocycles. The summed E-state index contributed by atoms with van der Waals surface area (Å²) in [6.45, 7) is 1.73. The van der Waals surface area contributed by atoms with Crippen LogP contribution in [0.25, 0.3) is 0 Å². The Morgan fingerprint density at radius 3 is 2.24 bits per heavy atom. The molecule has 7 nitrogen and oxygen atoms in total. The molecule has 218 valence electrons. The predicted molar refractivity (Wildman–Crippen MR) is 162 cm³/mol. The Morgan fingerprint density at radius 2 is 1.59 bits per heavy atom. The average Bonchev–Trinajstić information content (AvgIpc) is 2.96. The number of hydrogen-bond donors (Lipinski definition) is 1. The van der Waals surface area contributed by atoms with Crippen LogP contribution in [0.3, 0.4) is 0 Å². The first kappa shape index (κ1) is 30.8. The van der Waals surface area contributed by atoms with Gasteiger partial charge in [0.25, 0.3) is 0 Å².